The van der Waals surface area contributed by atoms with Crippen LogP contribution in [0.5, 0.6) is 11.6 Å². The number of hydrogen-bond donors (Lipinski definition) is 2. The molecule has 0 atom stereocenters. The lowest BCUT2D eigenvalue weighted by Crippen LogP contribution is -2.05. The molecule has 2 aromatic heterocycles. The standard InChI is InChI=1S/C17H13N3O3/c18-12-8-7-11(17(21)22)16(23-14-6-2-4-10-20-14)15(12)13-5-1-3-9-19-13/h1-10H,18H2,(H,21,22). The lowest BCUT2D eigenvalue weighted by molar-refractivity contribution is 0.0694. The van der Waals surface area contributed by atoms with E-state index in [0.717, 1.165) is 0 Å². The molecule has 3 N–H and O–H groups in total. The summed E-state index contributed by atoms with van der Waals surface area (Å²) in [5, 5.41) is 9.44. The van der Waals surface area contributed by atoms with Gasteiger partial charge in [-0.2, -0.15) is 0 Å². The van der Waals surface area contributed by atoms with Crippen molar-refractivity contribution in [2.24, 2.45) is 0 Å². The number of carboxylic acid groups (broad SMARTS) is 1. The van der Waals surface area contributed by atoms with Gasteiger partial charge in [-0.05, 0) is 30.3 Å². The average molecular weight is 307 g/mol. The van der Waals surface area contributed by atoms with Gasteiger partial charge < -0.3 is 15.6 Å². The second-order valence-corrected chi connectivity index (χ2v) is 4.70. The van der Waals surface area contributed by atoms with Crippen LogP contribution in [0.4, 0.5) is 5.69 Å². The normalized spacial score (nSPS) is 10.3. The Morgan fingerprint density at radius 3 is 2.35 bits per heavy atom. The summed E-state index contributed by atoms with van der Waals surface area (Å²) in [7, 11) is 0. The number of aromatic carboxylic acids is 1. The molecule has 0 aliphatic heterocycles. The average Bonchev–Trinajstić information content (AvgIpc) is 2.56. The monoisotopic (exact) mass is 307 g/mol. The van der Waals surface area contributed by atoms with E-state index in [1.165, 1.54) is 12.1 Å². The third kappa shape index (κ3) is 2.96. The van der Waals surface area contributed by atoms with Gasteiger partial charge in [0, 0.05) is 24.1 Å². The van der Waals surface area contributed by atoms with Crippen LogP contribution in [0, 0.1) is 0 Å². The summed E-state index contributed by atoms with van der Waals surface area (Å²) in [5.41, 5.74) is 7.36. The predicted molar refractivity (Wildman–Crippen MR) is 85.4 cm³/mol. The zero-order valence-electron chi connectivity index (χ0n) is 12.0. The molecule has 3 aromatic rings. The predicted octanol–water partition coefficient (Wildman–Crippen LogP) is 3.22. The van der Waals surface area contributed by atoms with Gasteiger partial charge in [0.2, 0.25) is 5.88 Å². The Kier molecular flexibility index (Phi) is 3.88. The first-order valence-electron chi connectivity index (χ1n) is 6.83. The van der Waals surface area contributed by atoms with E-state index in [-0.39, 0.29) is 17.2 Å². The van der Waals surface area contributed by atoms with Gasteiger partial charge >= 0.3 is 5.97 Å². The first-order chi connectivity index (χ1) is 11.2. The SMILES string of the molecule is Nc1ccc(C(=O)O)c(Oc2ccccn2)c1-c1ccccn1. The first kappa shape index (κ1) is 14.5. The van der Waals surface area contributed by atoms with Crippen LogP contribution >= 0.6 is 0 Å². The van der Waals surface area contributed by atoms with Gasteiger partial charge in [-0.1, -0.05) is 12.1 Å². The summed E-state index contributed by atoms with van der Waals surface area (Å²) < 4.78 is 5.73. The number of hydrogen-bond acceptors (Lipinski definition) is 5. The summed E-state index contributed by atoms with van der Waals surface area (Å²) in [6, 6.07) is 13.3. The van der Waals surface area contributed by atoms with E-state index < -0.39 is 5.97 Å². The fraction of sp³-hybridized carbons (Fsp3) is 0. The van der Waals surface area contributed by atoms with Crippen LogP contribution in [0.3, 0.4) is 0 Å². The van der Waals surface area contributed by atoms with Gasteiger partial charge in [0.15, 0.2) is 5.75 Å². The third-order valence-corrected chi connectivity index (χ3v) is 3.19. The fourth-order valence-corrected chi connectivity index (χ4v) is 2.16. The van der Waals surface area contributed by atoms with Crippen molar-refractivity contribution in [1.29, 1.82) is 0 Å². The van der Waals surface area contributed by atoms with Crippen molar-refractivity contribution in [1.82, 2.24) is 9.97 Å². The highest BCUT2D eigenvalue weighted by Crippen LogP contribution is 2.39. The number of pyridine rings is 2. The lowest BCUT2D eigenvalue weighted by Gasteiger charge is -2.15. The summed E-state index contributed by atoms with van der Waals surface area (Å²) in [6.07, 6.45) is 3.16. The Bertz CT molecular complexity index is 836. The molecule has 0 unspecified atom stereocenters. The third-order valence-electron chi connectivity index (χ3n) is 3.19. The van der Waals surface area contributed by atoms with Gasteiger partial charge in [0.05, 0.1) is 11.3 Å². The summed E-state index contributed by atoms with van der Waals surface area (Å²) in [6.45, 7) is 0. The topological polar surface area (TPSA) is 98.3 Å². The maximum atomic E-state index is 11.5. The van der Waals surface area contributed by atoms with Crippen LogP contribution < -0.4 is 10.5 Å². The molecule has 0 saturated heterocycles. The highest BCUT2D eigenvalue weighted by molar-refractivity contribution is 5.97. The highest BCUT2D eigenvalue weighted by Gasteiger charge is 2.21. The van der Waals surface area contributed by atoms with Crippen molar-refractivity contribution in [2.45, 2.75) is 0 Å². The number of anilines is 1. The number of nitrogens with zero attached hydrogens (tertiary/aromatic N) is 2. The van der Waals surface area contributed by atoms with Gasteiger partial charge in [0.25, 0.3) is 0 Å². The van der Waals surface area contributed by atoms with E-state index in [4.69, 9.17) is 10.5 Å². The van der Waals surface area contributed by atoms with Crippen molar-refractivity contribution in [3.05, 3.63) is 66.5 Å². The molecule has 0 amide bonds. The van der Waals surface area contributed by atoms with Gasteiger partial charge in [-0.25, -0.2) is 9.78 Å². The molecule has 114 valence electrons. The van der Waals surface area contributed by atoms with Gasteiger partial charge in [0.1, 0.15) is 5.56 Å². The molecule has 2 heterocycles. The largest absolute Gasteiger partial charge is 0.478 e. The fourth-order valence-electron chi connectivity index (χ4n) is 2.16. The van der Waals surface area contributed by atoms with Gasteiger partial charge in [-0.15, -0.1) is 0 Å². The molecule has 0 radical (unpaired) electrons. The van der Waals surface area contributed by atoms with E-state index in [9.17, 15) is 9.90 Å². The molecule has 1 aromatic carbocycles. The number of aromatic nitrogens is 2. The van der Waals surface area contributed by atoms with Crippen LogP contribution in [-0.4, -0.2) is 21.0 Å². The number of carbonyl (C=O) groups is 1. The van der Waals surface area contributed by atoms with Crippen LogP contribution in [0.2, 0.25) is 0 Å². The number of nitrogen functional groups attached to an aromatic ring is 1. The second-order valence-electron chi connectivity index (χ2n) is 4.70. The molecule has 3 rings (SSSR count). The van der Waals surface area contributed by atoms with Crippen LogP contribution in [0.25, 0.3) is 11.3 Å². The number of rotatable bonds is 4. The molecule has 0 bridgehead atoms. The molecule has 0 aliphatic carbocycles. The number of ether oxygens (including phenoxy) is 1. The molecule has 6 heteroatoms. The van der Waals surface area contributed by atoms with E-state index >= 15 is 0 Å². The molecule has 0 fully saturated rings. The van der Waals surface area contributed by atoms with Crippen LogP contribution in [0.15, 0.2) is 60.9 Å². The molecule has 0 saturated carbocycles. The number of carboxylic acids is 1. The molecule has 0 spiro atoms. The quantitative estimate of drug-likeness (QED) is 0.718. The van der Waals surface area contributed by atoms with Crippen molar-refractivity contribution >= 4 is 11.7 Å². The highest BCUT2D eigenvalue weighted by atomic mass is 16.5. The summed E-state index contributed by atoms with van der Waals surface area (Å²) in [5.74, 6) is -0.721. The summed E-state index contributed by atoms with van der Waals surface area (Å²) >= 11 is 0. The number of nitrogens with two attached hydrogens (primary N) is 1. The molecular weight excluding hydrogens is 294 g/mol. The van der Waals surface area contributed by atoms with Crippen molar-refractivity contribution in [3.8, 4) is 22.9 Å². The molecular formula is C17H13N3O3. The van der Waals surface area contributed by atoms with E-state index in [1.54, 1.807) is 48.8 Å². The minimum Gasteiger partial charge on any atom is -0.478 e. The Labute approximate surface area is 132 Å². The Hall–Kier alpha value is -3.41. The molecule has 23 heavy (non-hydrogen) atoms. The summed E-state index contributed by atoms with van der Waals surface area (Å²) in [4.78, 5) is 19.8. The Balaban J connectivity index is 2.21. The van der Waals surface area contributed by atoms with Crippen LogP contribution in [0.1, 0.15) is 10.4 Å². The maximum absolute atomic E-state index is 11.5. The smallest absolute Gasteiger partial charge is 0.339 e. The van der Waals surface area contributed by atoms with E-state index in [1.807, 2.05) is 0 Å². The molecule has 0 aliphatic rings. The Morgan fingerprint density at radius 1 is 1.00 bits per heavy atom. The van der Waals surface area contributed by atoms with Gasteiger partial charge in [-0.3, -0.25) is 4.98 Å². The minimum atomic E-state index is -1.12. The first-order valence-corrected chi connectivity index (χ1v) is 6.83. The zero-order chi connectivity index (χ0) is 16.2. The molecule has 6 nitrogen and oxygen atoms in total. The maximum Gasteiger partial charge on any atom is 0.339 e. The van der Waals surface area contributed by atoms with E-state index in [0.29, 0.717) is 16.9 Å². The lowest BCUT2D eigenvalue weighted by atomic mass is 10.0. The number of benzene rings is 1. The Morgan fingerprint density at radius 2 is 1.74 bits per heavy atom. The second kappa shape index (κ2) is 6.15. The van der Waals surface area contributed by atoms with E-state index in [2.05, 4.69) is 9.97 Å². The van der Waals surface area contributed by atoms with Crippen LogP contribution in [-0.2, 0) is 0 Å². The minimum absolute atomic E-state index is 0.00879. The van der Waals surface area contributed by atoms with Crippen molar-refractivity contribution in [2.75, 3.05) is 5.73 Å². The van der Waals surface area contributed by atoms with Crippen molar-refractivity contribution in [3.63, 3.8) is 0 Å². The van der Waals surface area contributed by atoms with Crippen molar-refractivity contribution < 1.29 is 14.6 Å². The zero-order valence-corrected chi connectivity index (χ0v) is 12.0.